The molecule has 0 saturated carbocycles. The fourth-order valence-corrected chi connectivity index (χ4v) is 3.67. The highest BCUT2D eigenvalue weighted by atomic mass is 32.2. The van der Waals surface area contributed by atoms with Crippen molar-refractivity contribution in [1.29, 1.82) is 0 Å². The van der Waals surface area contributed by atoms with E-state index in [2.05, 4.69) is 16.4 Å². The van der Waals surface area contributed by atoms with Gasteiger partial charge in [-0.05, 0) is 30.4 Å². The van der Waals surface area contributed by atoms with Gasteiger partial charge in [0, 0.05) is 42.6 Å². The Balaban J connectivity index is 1.73. The van der Waals surface area contributed by atoms with Gasteiger partial charge >= 0.3 is 0 Å². The van der Waals surface area contributed by atoms with Crippen LogP contribution in [-0.2, 0) is 10.0 Å². The summed E-state index contributed by atoms with van der Waals surface area (Å²) < 4.78 is 24.6. The van der Waals surface area contributed by atoms with Crippen LogP contribution in [0.2, 0.25) is 0 Å². The smallest absolute Gasteiger partial charge is 0.211 e. The molecule has 6 heteroatoms. The van der Waals surface area contributed by atoms with E-state index >= 15 is 0 Å². The van der Waals surface area contributed by atoms with Gasteiger partial charge in [-0.15, -0.1) is 0 Å². The van der Waals surface area contributed by atoms with Gasteiger partial charge in [0.05, 0.1) is 6.26 Å². The predicted molar refractivity (Wildman–Crippen MR) is 84.8 cm³/mol. The molecule has 1 saturated heterocycles. The molecule has 1 aliphatic heterocycles. The third-order valence-electron chi connectivity index (χ3n) is 3.97. The minimum absolute atomic E-state index is 0.300. The molecule has 0 bridgehead atoms. The van der Waals surface area contributed by atoms with E-state index in [1.807, 2.05) is 24.4 Å². The Morgan fingerprint density at radius 2 is 2.00 bits per heavy atom. The molecule has 1 N–H and O–H groups in total. The molecule has 1 fully saturated rings. The fraction of sp³-hybridized carbons (Fsp3) is 0.400. The molecular formula is C15H19N3O2S. The average molecular weight is 305 g/mol. The summed E-state index contributed by atoms with van der Waals surface area (Å²) in [7, 11) is -3.06. The highest BCUT2D eigenvalue weighted by Gasteiger charge is 2.24. The molecule has 112 valence electrons. The number of piperidine rings is 1. The maximum absolute atomic E-state index is 11.5. The van der Waals surface area contributed by atoms with Crippen LogP contribution >= 0.6 is 0 Å². The minimum Gasteiger partial charge on any atom is -0.382 e. The zero-order chi connectivity index (χ0) is 14.9. The monoisotopic (exact) mass is 305 g/mol. The first-order valence-electron chi connectivity index (χ1n) is 7.08. The molecule has 5 nitrogen and oxygen atoms in total. The normalized spacial score (nSPS) is 18.0. The molecule has 0 unspecified atom stereocenters. The maximum atomic E-state index is 11.5. The number of anilines is 1. The van der Waals surface area contributed by atoms with Crippen LogP contribution in [0, 0.1) is 0 Å². The van der Waals surface area contributed by atoms with Crippen LogP contribution in [0.25, 0.3) is 10.8 Å². The van der Waals surface area contributed by atoms with Crippen molar-refractivity contribution in [2.45, 2.75) is 18.9 Å². The Hall–Kier alpha value is -1.66. The second-order valence-electron chi connectivity index (χ2n) is 5.48. The van der Waals surface area contributed by atoms with Crippen molar-refractivity contribution in [3.63, 3.8) is 0 Å². The van der Waals surface area contributed by atoms with Gasteiger partial charge in [0.25, 0.3) is 0 Å². The molecular weight excluding hydrogens is 286 g/mol. The second-order valence-corrected chi connectivity index (χ2v) is 7.47. The van der Waals surface area contributed by atoms with Crippen molar-refractivity contribution in [1.82, 2.24) is 9.29 Å². The largest absolute Gasteiger partial charge is 0.382 e. The number of nitrogens with one attached hydrogen (secondary N) is 1. The van der Waals surface area contributed by atoms with Crippen molar-refractivity contribution in [2.75, 3.05) is 24.7 Å². The summed E-state index contributed by atoms with van der Waals surface area (Å²) in [5.74, 6) is 0. The summed E-state index contributed by atoms with van der Waals surface area (Å²) in [6, 6.07) is 8.43. The van der Waals surface area contributed by atoms with E-state index in [1.54, 1.807) is 10.5 Å². The maximum Gasteiger partial charge on any atom is 0.211 e. The van der Waals surface area contributed by atoms with Crippen LogP contribution < -0.4 is 5.32 Å². The number of hydrogen-bond donors (Lipinski definition) is 1. The van der Waals surface area contributed by atoms with Crippen LogP contribution in [0.15, 0.2) is 36.7 Å². The molecule has 0 radical (unpaired) electrons. The Morgan fingerprint density at radius 3 is 2.71 bits per heavy atom. The average Bonchev–Trinajstić information content (AvgIpc) is 2.47. The molecule has 21 heavy (non-hydrogen) atoms. The van der Waals surface area contributed by atoms with E-state index in [0.29, 0.717) is 19.1 Å². The zero-order valence-corrected chi connectivity index (χ0v) is 12.8. The van der Waals surface area contributed by atoms with E-state index in [0.717, 1.165) is 29.3 Å². The zero-order valence-electron chi connectivity index (χ0n) is 12.0. The number of hydrogen-bond acceptors (Lipinski definition) is 4. The molecule has 0 amide bonds. The van der Waals surface area contributed by atoms with Crippen molar-refractivity contribution in [3.05, 3.63) is 36.7 Å². The third-order valence-corrected chi connectivity index (χ3v) is 5.27. The number of benzene rings is 1. The number of fused-ring (bicyclic) bond motifs is 1. The molecule has 0 aliphatic carbocycles. The molecule has 1 aromatic heterocycles. The molecule has 1 aliphatic rings. The lowest BCUT2D eigenvalue weighted by molar-refractivity contribution is 0.332. The van der Waals surface area contributed by atoms with E-state index in [9.17, 15) is 8.42 Å². The Labute approximate surface area is 125 Å². The highest BCUT2D eigenvalue weighted by molar-refractivity contribution is 7.88. The summed E-state index contributed by atoms with van der Waals surface area (Å²) in [6.45, 7) is 1.17. The first-order valence-corrected chi connectivity index (χ1v) is 8.93. The van der Waals surface area contributed by atoms with Crippen LogP contribution in [-0.4, -0.2) is 43.1 Å². The lowest BCUT2D eigenvalue weighted by Crippen LogP contribution is -2.41. The van der Waals surface area contributed by atoms with E-state index < -0.39 is 10.0 Å². The van der Waals surface area contributed by atoms with E-state index in [1.165, 1.54) is 6.26 Å². The van der Waals surface area contributed by atoms with Crippen molar-refractivity contribution in [2.24, 2.45) is 0 Å². The summed E-state index contributed by atoms with van der Waals surface area (Å²) in [5, 5.41) is 5.79. The van der Waals surface area contributed by atoms with Gasteiger partial charge in [-0.25, -0.2) is 12.7 Å². The molecule has 3 rings (SSSR count). The Kier molecular flexibility index (Phi) is 3.82. The van der Waals surface area contributed by atoms with Gasteiger partial charge in [-0.2, -0.15) is 0 Å². The SMILES string of the molecule is CS(=O)(=O)N1CCC(Nc2cccc3ccncc23)CC1. The number of aromatic nitrogens is 1. The number of pyridine rings is 1. The summed E-state index contributed by atoms with van der Waals surface area (Å²) in [6.07, 6.45) is 6.57. The van der Waals surface area contributed by atoms with Gasteiger partial charge in [-0.3, -0.25) is 4.98 Å². The molecule has 0 atom stereocenters. The number of rotatable bonds is 3. The number of sulfonamides is 1. The second kappa shape index (κ2) is 5.61. The van der Waals surface area contributed by atoms with Gasteiger partial charge in [0.1, 0.15) is 0 Å². The first kappa shape index (κ1) is 14.3. The molecule has 2 aromatic rings. The van der Waals surface area contributed by atoms with Crippen LogP contribution in [0.5, 0.6) is 0 Å². The quantitative estimate of drug-likeness (QED) is 0.943. The number of nitrogens with zero attached hydrogens (tertiary/aromatic N) is 2. The molecule has 0 spiro atoms. The van der Waals surface area contributed by atoms with E-state index in [4.69, 9.17) is 0 Å². The summed E-state index contributed by atoms with van der Waals surface area (Å²) in [4.78, 5) is 4.18. The summed E-state index contributed by atoms with van der Waals surface area (Å²) >= 11 is 0. The Bertz CT molecular complexity index is 732. The van der Waals surface area contributed by atoms with Gasteiger partial charge in [0.15, 0.2) is 0 Å². The molecule has 2 heterocycles. The lowest BCUT2D eigenvalue weighted by atomic mass is 10.0. The Morgan fingerprint density at radius 1 is 1.24 bits per heavy atom. The minimum atomic E-state index is -3.06. The van der Waals surface area contributed by atoms with Crippen LogP contribution in [0.1, 0.15) is 12.8 Å². The van der Waals surface area contributed by atoms with Gasteiger partial charge < -0.3 is 5.32 Å². The van der Waals surface area contributed by atoms with Crippen molar-refractivity contribution in [3.8, 4) is 0 Å². The van der Waals surface area contributed by atoms with Crippen molar-refractivity contribution < 1.29 is 8.42 Å². The third kappa shape index (κ3) is 3.16. The van der Waals surface area contributed by atoms with Gasteiger partial charge in [0.2, 0.25) is 10.0 Å². The van der Waals surface area contributed by atoms with Gasteiger partial charge in [-0.1, -0.05) is 12.1 Å². The fourth-order valence-electron chi connectivity index (χ4n) is 2.79. The van der Waals surface area contributed by atoms with Crippen molar-refractivity contribution >= 4 is 26.5 Å². The van der Waals surface area contributed by atoms with E-state index in [-0.39, 0.29) is 0 Å². The first-order chi connectivity index (χ1) is 10.0. The molecule has 1 aromatic carbocycles. The topological polar surface area (TPSA) is 62.3 Å². The van der Waals surface area contributed by atoms with Crippen LogP contribution in [0.3, 0.4) is 0 Å². The lowest BCUT2D eigenvalue weighted by Gasteiger charge is -2.31. The standard InChI is InChI=1S/C15H19N3O2S/c1-21(19,20)18-9-6-13(7-10-18)17-15-4-2-3-12-5-8-16-11-14(12)15/h2-5,8,11,13,17H,6-7,9-10H2,1H3. The predicted octanol–water partition coefficient (Wildman–Crippen LogP) is 2.07. The van der Waals surface area contributed by atoms with Crippen LogP contribution in [0.4, 0.5) is 5.69 Å². The highest BCUT2D eigenvalue weighted by Crippen LogP contribution is 2.25. The summed E-state index contributed by atoms with van der Waals surface area (Å²) in [5.41, 5.74) is 1.07.